The molecule has 0 spiro atoms. The van der Waals surface area contributed by atoms with Crippen molar-refractivity contribution in [1.82, 2.24) is 15.5 Å². The third kappa shape index (κ3) is 12.4. The van der Waals surface area contributed by atoms with Crippen LogP contribution in [-0.4, -0.2) is 79.8 Å². The third-order valence-electron chi connectivity index (χ3n) is 8.22. The highest BCUT2D eigenvalue weighted by Crippen LogP contribution is 2.23. The van der Waals surface area contributed by atoms with Gasteiger partial charge < -0.3 is 30.1 Å². The van der Waals surface area contributed by atoms with Crippen molar-refractivity contribution in [2.45, 2.75) is 110 Å². The molecule has 9 nitrogen and oxygen atoms in total. The van der Waals surface area contributed by atoms with Crippen LogP contribution >= 0.6 is 0 Å². The lowest BCUT2D eigenvalue weighted by Crippen LogP contribution is -2.50. The summed E-state index contributed by atoms with van der Waals surface area (Å²) in [7, 11) is 5.00. The van der Waals surface area contributed by atoms with Crippen LogP contribution in [0.5, 0.6) is 0 Å². The summed E-state index contributed by atoms with van der Waals surface area (Å²) in [6, 6.07) is 8.62. The number of nitrogens with zero attached hydrogens (tertiary/aromatic N) is 1. The number of ether oxygens (including phenoxy) is 2. The van der Waals surface area contributed by atoms with Gasteiger partial charge in [0, 0.05) is 34.2 Å². The first kappa shape index (κ1) is 37.5. The van der Waals surface area contributed by atoms with Crippen molar-refractivity contribution in [3.05, 3.63) is 35.9 Å². The van der Waals surface area contributed by atoms with Gasteiger partial charge in [-0.2, -0.15) is 0 Å². The monoisotopic (exact) mass is 591 g/mol. The molecule has 0 unspecified atom stereocenters. The molecule has 42 heavy (non-hydrogen) atoms. The zero-order valence-corrected chi connectivity index (χ0v) is 27.4. The molecule has 240 valence electrons. The van der Waals surface area contributed by atoms with Crippen LogP contribution in [0.4, 0.5) is 0 Å². The largest absolute Gasteiger partial charge is 0.386 e. The van der Waals surface area contributed by atoms with Gasteiger partial charge in [0.15, 0.2) is 0 Å². The summed E-state index contributed by atoms with van der Waals surface area (Å²) < 4.78 is 11.4. The van der Waals surface area contributed by atoms with Crippen LogP contribution in [0.3, 0.4) is 0 Å². The van der Waals surface area contributed by atoms with Crippen LogP contribution < -0.4 is 10.6 Å². The number of benzene rings is 1. The highest BCUT2D eigenvalue weighted by molar-refractivity contribution is 5.79. The lowest BCUT2D eigenvalue weighted by Gasteiger charge is -2.38. The van der Waals surface area contributed by atoms with Crippen molar-refractivity contribution in [3.8, 4) is 0 Å². The summed E-state index contributed by atoms with van der Waals surface area (Å²) in [6.07, 6.45) is 2.20. The van der Waals surface area contributed by atoms with Crippen molar-refractivity contribution >= 4 is 17.7 Å². The van der Waals surface area contributed by atoms with E-state index in [2.05, 4.69) is 24.5 Å². The molecule has 0 saturated carbocycles. The van der Waals surface area contributed by atoms with E-state index in [1.54, 1.807) is 26.0 Å². The maximum Gasteiger partial charge on any atom is 0.225 e. The molecule has 3 N–H and O–H groups in total. The molecule has 0 aliphatic rings. The Bertz CT molecular complexity index is 928. The van der Waals surface area contributed by atoms with Crippen LogP contribution in [0.25, 0.3) is 0 Å². The van der Waals surface area contributed by atoms with Crippen molar-refractivity contribution in [1.29, 1.82) is 0 Å². The van der Waals surface area contributed by atoms with E-state index in [4.69, 9.17) is 9.47 Å². The molecule has 3 amide bonds. The normalized spacial score (nSPS) is 16.5. The maximum atomic E-state index is 12.9. The Hall–Kier alpha value is -2.49. The first-order valence-corrected chi connectivity index (χ1v) is 15.5. The SMILES string of the molecule is CC[C@H](C)[C@@H]([C@@H](CC(=O)NCCCC[C@H](OC)[C@@H](C)C(=O)N[C@H](C)[C@@H](O)c1ccccc1)OC)N(C)C(=O)CC(C)C. The molecule has 1 aromatic carbocycles. The van der Waals surface area contributed by atoms with E-state index in [0.29, 0.717) is 19.4 Å². The van der Waals surface area contributed by atoms with Crippen LogP contribution in [0.15, 0.2) is 30.3 Å². The number of carbonyl (C=O) groups excluding carboxylic acids is 3. The number of rotatable bonds is 20. The number of methoxy groups -OCH3 is 2. The fourth-order valence-corrected chi connectivity index (χ4v) is 5.31. The molecule has 1 rings (SSSR count). The number of aliphatic hydroxyl groups is 1. The Morgan fingerprint density at radius 2 is 1.55 bits per heavy atom. The zero-order valence-electron chi connectivity index (χ0n) is 27.4. The van der Waals surface area contributed by atoms with Crippen molar-refractivity contribution in [2.24, 2.45) is 17.8 Å². The van der Waals surface area contributed by atoms with Gasteiger partial charge in [0.25, 0.3) is 0 Å². The molecule has 0 aliphatic carbocycles. The number of carbonyl (C=O) groups is 3. The molecular weight excluding hydrogens is 534 g/mol. The zero-order chi connectivity index (χ0) is 31.8. The molecular formula is C33H57N3O6. The minimum absolute atomic E-state index is 0.0650. The van der Waals surface area contributed by atoms with Gasteiger partial charge in [-0.25, -0.2) is 0 Å². The third-order valence-corrected chi connectivity index (χ3v) is 8.22. The second-order valence-electron chi connectivity index (χ2n) is 12.0. The predicted octanol–water partition coefficient (Wildman–Crippen LogP) is 4.49. The highest BCUT2D eigenvalue weighted by atomic mass is 16.5. The smallest absolute Gasteiger partial charge is 0.225 e. The molecule has 0 saturated heterocycles. The minimum Gasteiger partial charge on any atom is -0.386 e. The van der Waals surface area contributed by atoms with Gasteiger partial charge in [-0.1, -0.05) is 71.4 Å². The number of hydrogen-bond donors (Lipinski definition) is 3. The number of nitrogens with one attached hydrogen (secondary N) is 2. The molecule has 0 bridgehead atoms. The standard InChI is InChI=1S/C33H57N3O6/c1-10-23(4)31(36(7)30(38)20-22(2)3)28(42-9)21-29(37)34-19-15-14-18-27(41-8)24(5)33(40)35-25(6)32(39)26-16-12-11-13-17-26/h11-13,16-17,22-25,27-28,31-32,39H,10,14-15,18-21H2,1-9H3,(H,34,37)(H,35,40)/t23-,24+,25+,27-,28+,31-,32+/m0/s1. The Balaban J connectivity index is 2.55. The molecule has 9 heteroatoms. The summed E-state index contributed by atoms with van der Waals surface area (Å²) in [5, 5.41) is 16.5. The van der Waals surface area contributed by atoms with E-state index in [0.717, 1.165) is 24.8 Å². The van der Waals surface area contributed by atoms with Gasteiger partial charge in [0.05, 0.1) is 42.7 Å². The summed E-state index contributed by atoms with van der Waals surface area (Å²) in [5.41, 5.74) is 0.752. The molecule has 0 heterocycles. The Morgan fingerprint density at radius 1 is 0.929 bits per heavy atom. The second kappa shape index (κ2) is 19.7. The van der Waals surface area contributed by atoms with E-state index in [1.165, 1.54) is 0 Å². The molecule has 0 aliphatic heterocycles. The van der Waals surface area contributed by atoms with Gasteiger partial charge in [0.2, 0.25) is 17.7 Å². The molecule has 0 radical (unpaired) electrons. The molecule has 0 fully saturated rings. The summed E-state index contributed by atoms with van der Waals surface area (Å²) in [5.74, 6) is -0.176. The average molecular weight is 592 g/mol. The van der Waals surface area contributed by atoms with Gasteiger partial charge in [-0.15, -0.1) is 0 Å². The van der Waals surface area contributed by atoms with E-state index < -0.39 is 24.2 Å². The van der Waals surface area contributed by atoms with Crippen molar-refractivity contribution in [3.63, 3.8) is 0 Å². The van der Waals surface area contributed by atoms with E-state index in [1.807, 2.05) is 58.2 Å². The molecule has 0 aromatic heterocycles. The van der Waals surface area contributed by atoms with Crippen LogP contribution in [0, 0.1) is 17.8 Å². The van der Waals surface area contributed by atoms with E-state index >= 15 is 0 Å². The number of likely N-dealkylation sites (N-methyl/N-ethyl adjacent to an activating group) is 1. The predicted molar refractivity (Wildman–Crippen MR) is 167 cm³/mol. The first-order chi connectivity index (χ1) is 19.9. The van der Waals surface area contributed by atoms with Crippen molar-refractivity contribution in [2.75, 3.05) is 27.8 Å². The van der Waals surface area contributed by atoms with Crippen molar-refractivity contribution < 1.29 is 29.0 Å². The fourth-order valence-electron chi connectivity index (χ4n) is 5.31. The summed E-state index contributed by atoms with van der Waals surface area (Å²) in [6.45, 7) is 12.3. The number of unbranched alkanes of at least 4 members (excludes halogenated alkanes) is 1. The van der Waals surface area contributed by atoms with Crippen LogP contribution in [0.1, 0.15) is 91.7 Å². The highest BCUT2D eigenvalue weighted by Gasteiger charge is 2.34. The Kier molecular flexibility index (Phi) is 17.6. The average Bonchev–Trinajstić information content (AvgIpc) is 2.97. The number of amides is 3. The number of hydrogen-bond acceptors (Lipinski definition) is 6. The topological polar surface area (TPSA) is 117 Å². The van der Waals surface area contributed by atoms with Gasteiger partial charge >= 0.3 is 0 Å². The van der Waals surface area contributed by atoms with Gasteiger partial charge in [0.1, 0.15) is 0 Å². The van der Waals surface area contributed by atoms with E-state index in [9.17, 15) is 19.5 Å². The van der Waals surface area contributed by atoms with Crippen LogP contribution in [-0.2, 0) is 23.9 Å². The van der Waals surface area contributed by atoms with Crippen LogP contribution in [0.2, 0.25) is 0 Å². The second-order valence-corrected chi connectivity index (χ2v) is 12.0. The van der Waals surface area contributed by atoms with E-state index in [-0.39, 0.29) is 48.1 Å². The van der Waals surface area contributed by atoms with Gasteiger partial charge in [-0.3, -0.25) is 14.4 Å². The first-order valence-electron chi connectivity index (χ1n) is 15.5. The maximum absolute atomic E-state index is 12.9. The molecule has 7 atom stereocenters. The number of aliphatic hydroxyl groups excluding tert-OH is 1. The Morgan fingerprint density at radius 3 is 2.10 bits per heavy atom. The summed E-state index contributed by atoms with van der Waals surface area (Å²) in [4.78, 5) is 40.3. The minimum atomic E-state index is -0.800. The summed E-state index contributed by atoms with van der Waals surface area (Å²) >= 11 is 0. The molecule has 1 aromatic rings. The Labute approximate surface area is 254 Å². The quantitative estimate of drug-likeness (QED) is 0.193. The lowest BCUT2D eigenvalue weighted by molar-refractivity contribution is -0.139. The fraction of sp³-hybridized carbons (Fsp3) is 0.727. The van der Waals surface area contributed by atoms with Gasteiger partial charge in [-0.05, 0) is 43.6 Å². The lowest BCUT2D eigenvalue weighted by atomic mass is 9.90.